The second-order valence-corrected chi connectivity index (χ2v) is 13.7. The highest BCUT2D eigenvalue weighted by atomic mass is 35.5. The minimum atomic E-state index is -0.669. The van der Waals surface area contributed by atoms with Gasteiger partial charge in [0.1, 0.15) is 11.5 Å². The maximum atomic E-state index is 13.2. The van der Waals surface area contributed by atoms with Crippen LogP contribution in [-0.4, -0.2) is 32.7 Å². The minimum absolute atomic E-state index is 0. The second-order valence-electron chi connectivity index (χ2n) is 13.3. The van der Waals surface area contributed by atoms with Crippen molar-refractivity contribution in [3.05, 3.63) is 140 Å². The first-order chi connectivity index (χ1) is 23.6. The van der Waals surface area contributed by atoms with Crippen LogP contribution >= 0.6 is 24.0 Å². The van der Waals surface area contributed by atoms with Crippen molar-refractivity contribution >= 4 is 58.1 Å². The molecule has 10 heteroatoms. The van der Waals surface area contributed by atoms with E-state index in [2.05, 4.69) is 29.7 Å². The molecule has 8 rings (SSSR count). The molecule has 2 atom stereocenters. The fourth-order valence-corrected chi connectivity index (χ4v) is 7.91. The van der Waals surface area contributed by atoms with Gasteiger partial charge < -0.3 is 20.8 Å². The van der Waals surface area contributed by atoms with Crippen molar-refractivity contribution in [3.8, 4) is 11.5 Å². The number of benzene rings is 4. The number of rotatable bonds is 6. The number of amides is 1. The van der Waals surface area contributed by atoms with E-state index in [0.717, 1.165) is 52.7 Å². The number of allylic oxidation sites excluding steroid dienone is 2. The van der Waals surface area contributed by atoms with Gasteiger partial charge in [-0.05, 0) is 85.5 Å². The highest BCUT2D eigenvalue weighted by Gasteiger charge is 2.36. The van der Waals surface area contributed by atoms with Gasteiger partial charge in [0.25, 0.3) is 5.91 Å². The van der Waals surface area contributed by atoms with E-state index < -0.39 is 23.2 Å². The average molecular weight is 707 g/mol. The first-order valence-electron chi connectivity index (χ1n) is 16.3. The number of hydrogen-bond acceptors (Lipinski definition) is 7. The van der Waals surface area contributed by atoms with Crippen molar-refractivity contribution in [2.45, 2.75) is 45.2 Å². The van der Waals surface area contributed by atoms with Crippen molar-refractivity contribution in [3.63, 3.8) is 0 Å². The number of aromatic hydroxyl groups is 2. The largest absolute Gasteiger partial charge is 0.507 e. The number of nitrogens with zero attached hydrogens (tertiary/aromatic N) is 1. The fourth-order valence-electron chi connectivity index (χ4n) is 7.74. The van der Waals surface area contributed by atoms with Crippen LogP contribution in [0.4, 0.5) is 5.69 Å². The molecule has 2 unspecified atom stereocenters. The van der Waals surface area contributed by atoms with E-state index in [-0.39, 0.29) is 52.5 Å². The summed E-state index contributed by atoms with van der Waals surface area (Å²) in [6.45, 7) is 3.04. The number of phenols is 2. The number of carbonyl (C=O) groups is 3. The number of anilines is 1. The molecule has 50 heavy (non-hydrogen) atoms. The molecular weight excluding hydrogens is 673 g/mol. The molecule has 4 N–H and O–H groups in total. The van der Waals surface area contributed by atoms with Gasteiger partial charge in [0, 0.05) is 57.1 Å². The van der Waals surface area contributed by atoms with E-state index in [4.69, 9.17) is 16.6 Å². The molecule has 0 saturated heterocycles. The van der Waals surface area contributed by atoms with Gasteiger partial charge in [0.2, 0.25) is 5.78 Å². The molecular formula is C40H33Cl2N3O5. The van der Waals surface area contributed by atoms with Crippen LogP contribution in [-0.2, 0) is 19.5 Å². The molecule has 0 aliphatic heterocycles. The lowest BCUT2D eigenvalue weighted by molar-refractivity contribution is 0.0947. The predicted octanol–water partition coefficient (Wildman–Crippen LogP) is 8.03. The Morgan fingerprint density at radius 3 is 2.40 bits per heavy atom. The summed E-state index contributed by atoms with van der Waals surface area (Å²) >= 11 is 6.36. The Morgan fingerprint density at radius 2 is 1.62 bits per heavy atom. The molecule has 0 saturated carbocycles. The predicted molar refractivity (Wildman–Crippen MR) is 195 cm³/mol. The van der Waals surface area contributed by atoms with Crippen LogP contribution in [0.15, 0.2) is 84.4 Å². The average Bonchev–Trinajstić information content (AvgIpc) is 3.07. The zero-order chi connectivity index (χ0) is 34.0. The number of carbonyl (C=O) groups excluding carboxylic acids is 3. The summed E-state index contributed by atoms with van der Waals surface area (Å²) in [5, 5.41) is 29.2. The van der Waals surface area contributed by atoms with Crippen molar-refractivity contribution in [1.29, 1.82) is 0 Å². The van der Waals surface area contributed by atoms with Crippen LogP contribution in [0, 0.1) is 5.92 Å². The van der Waals surface area contributed by atoms with Gasteiger partial charge in [-0.2, -0.15) is 0 Å². The second kappa shape index (κ2) is 12.9. The van der Waals surface area contributed by atoms with Crippen LogP contribution in [0.1, 0.15) is 90.3 Å². The summed E-state index contributed by atoms with van der Waals surface area (Å²) in [6.07, 6.45) is 5.51. The number of phenolic OH excluding ortho intramolecular Hbond substituents is 2. The smallest absolute Gasteiger partial charge is 0.251 e. The maximum Gasteiger partial charge on any atom is 0.251 e. The highest BCUT2D eigenvalue weighted by Crippen LogP contribution is 2.47. The third kappa shape index (κ3) is 5.78. The fraction of sp³-hybridized carbons (Fsp3) is 0.200. The van der Waals surface area contributed by atoms with Crippen molar-refractivity contribution in [2.75, 3.05) is 5.32 Å². The Balaban J connectivity index is 0.00000392. The van der Waals surface area contributed by atoms with E-state index >= 15 is 0 Å². The van der Waals surface area contributed by atoms with Gasteiger partial charge in [-0.25, -0.2) is 0 Å². The van der Waals surface area contributed by atoms with E-state index in [1.54, 1.807) is 0 Å². The van der Waals surface area contributed by atoms with Crippen LogP contribution in [0.25, 0.3) is 10.9 Å². The molecule has 5 aromatic rings. The molecule has 1 heterocycles. The zero-order valence-electron chi connectivity index (χ0n) is 27.0. The van der Waals surface area contributed by atoms with E-state index in [1.165, 1.54) is 41.5 Å². The van der Waals surface area contributed by atoms with Gasteiger partial charge in [-0.3, -0.25) is 19.4 Å². The lowest BCUT2D eigenvalue weighted by Crippen LogP contribution is -2.25. The SMILES string of the molecule is CC1=CC2Cc3nc4cc(Cl)ccc4c(NCc4ccc(CNC(=O)c5cc(O)c6c(c5)C(=O)c5cccc(O)c5C6=O)cc4)c3C(C1)C2.Cl. The molecule has 0 fully saturated rings. The quantitative estimate of drug-likeness (QED) is 0.129. The van der Waals surface area contributed by atoms with Crippen LogP contribution < -0.4 is 10.6 Å². The Bertz CT molecular complexity index is 2280. The molecule has 4 aromatic carbocycles. The zero-order valence-corrected chi connectivity index (χ0v) is 28.6. The molecule has 3 aliphatic rings. The van der Waals surface area contributed by atoms with Crippen LogP contribution in [0.2, 0.25) is 5.02 Å². The number of pyridine rings is 1. The van der Waals surface area contributed by atoms with Crippen LogP contribution in [0.5, 0.6) is 11.5 Å². The number of hydrogen-bond donors (Lipinski definition) is 4. The normalized spacial score (nSPS) is 17.2. The van der Waals surface area contributed by atoms with Gasteiger partial charge in [0.05, 0.1) is 16.6 Å². The number of nitrogens with one attached hydrogen (secondary N) is 2. The minimum Gasteiger partial charge on any atom is -0.507 e. The summed E-state index contributed by atoms with van der Waals surface area (Å²) in [5.74, 6) is -1.60. The molecule has 2 bridgehead atoms. The first kappa shape index (κ1) is 33.3. The molecule has 8 nitrogen and oxygen atoms in total. The number of halogens is 2. The topological polar surface area (TPSA) is 129 Å². The molecule has 0 radical (unpaired) electrons. The maximum absolute atomic E-state index is 13.2. The summed E-state index contributed by atoms with van der Waals surface area (Å²) in [4.78, 5) is 44.4. The van der Waals surface area contributed by atoms with Gasteiger partial charge in [-0.1, -0.05) is 59.6 Å². The van der Waals surface area contributed by atoms with Crippen molar-refractivity contribution < 1.29 is 24.6 Å². The summed E-state index contributed by atoms with van der Waals surface area (Å²) in [5.41, 5.74) is 7.50. The molecule has 1 aromatic heterocycles. The van der Waals surface area contributed by atoms with Crippen molar-refractivity contribution in [2.24, 2.45) is 5.92 Å². The highest BCUT2D eigenvalue weighted by molar-refractivity contribution is 6.31. The summed E-state index contributed by atoms with van der Waals surface area (Å²) in [6, 6.07) is 20.5. The van der Waals surface area contributed by atoms with E-state index in [0.29, 0.717) is 23.4 Å². The lowest BCUT2D eigenvalue weighted by atomic mass is 9.71. The number of fused-ring (bicyclic) bond motifs is 7. The monoisotopic (exact) mass is 705 g/mol. The third-order valence-electron chi connectivity index (χ3n) is 9.92. The number of ketones is 2. The van der Waals surface area contributed by atoms with Crippen molar-refractivity contribution in [1.82, 2.24) is 10.3 Å². The molecule has 252 valence electrons. The Labute approximate surface area is 299 Å². The Morgan fingerprint density at radius 1 is 0.880 bits per heavy atom. The van der Waals surface area contributed by atoms with E-state index in [9.17, 15) is 24.6 Å². The molecule has 1 amide bonds. The third-order valence-corrected chi connectivity index (χ3v) is 10.2. The standard InChI is InChI=1S/C40H32ClN3O5.ClH/c1-20-11-23-13-24(12-20)34-31(14-23)44-30-17-26(41)9-10-27(30)37(34)42-18-21-5-7-22(8-6-21)19-43-40(49)25-15-29-36(33(46)16-25)39(48)35-28(38(29)47)3-2-4-32(35)45;/h2-11,15-17,23-24,45-46H,12-14,18-19H2,1H3,(H,42,44)(H,43,49);1H. The molecule has 3 aliphatic carbocycles. The van der Waals surface area contributed by atoms with Crippen LogP contribution in [0.3, 0.4) is 0 Å². The lowest BCUT2D eigenvalue weighted by Gasteiger charge is -2.36. The number of aromatic nitrogens is 1. The Hall–Kier alpha value is -5.18. The van der Waals surface area contributed by atoms with Gasteiger partial charge in [-0.15, -0.1) is 12.4 Å². The van der Waals surface area contributed by atoms with Gasteiger partial charge >= 0.3 is 0 Å². The Kier molecular flexibility index (Phi) is 8.62. The molecule has 0 spiro atoms. The van der Waals surface area contributed by atoms with Gasteiger partial charge in [0.15, 0.2) is 5.78 Å². The summed E-state index contributed by atoms with van der Waals surface area (Å²) < 4.78 is 0. The first-order valence-corrected chi connectivity index (χ1v) is 16.7. The summed E-state index contributed by atoms with van der Waals surface area (Å²) in [7, 11) is 0. The van der Waals surface area contributed by atoms with E-state index in [1.807, 2.05) is 36.4 Å².